The first kappa shape index (κ1) is 10.2. The van der Waals surface area contributed by atoms with E-state index in [2.05, 4.69) is 18.8 Å². The molecule has 2 heteroatoms. The second-order valence-electron chi connectivity index (χ2n) is 3.62. The lowest BCUT2D eigenvalue weighted by Gasteiger charge is -2.17. The number of hydrogen-bond donors (Lipinski definition) is 1. The van der Waals surface area contributed by atoms with Crippen molar-refractivity contribution >= 4 is 0 Å². The molecule has 0 saturated carbocycles. The van der Waals surface area contributed by atoms with Gasteiger partial charge >= 0.3 is 0 Å². The lowest BCUT2D eigenvalue weighted by Crippen LogP contribution is -2.19. The summed E-state index contributed by atoms with van der Waals surface area (Å²) in [6.07, 6.45) is 1.09. The Hall–Kier alpha value is -0.890. The minimum absolute atomic E-state index is 0.0740. The van der Waals surface area contributed by atoms with Gasteiger partial charge in [0.25, 0.3) is 0 Å². The molecule has 0 aliphatic carbocycles. The van der Waals surface area contributed by atoms with Gasteiger partial charge in [0.1, 0.15) is 0 Å². The minimum atomic E-state index is 0.0740. The lowest BCUT2D eigenvalue weighted by molar-refractivity contribution is 0.448. The van der Waals surface area contributed by atoms with Crippen molar-refractivity contribution in [2.24, 2.45) is 11.7 Å². The van der Waals surface area contributed by atoms with Crippen molar-refractivity contribution in [3.05, 3.63) is 29.6 Å². The lowest BCUT2D eigenvalue weighted by atomic mass is 9.97. The molecular weight excluding hydrogens is 160 g/mol. The Kier molecular flexibility index (Phi) is 3.43. The number of nitrogens with zero attached hydrogens (tertiary/aromatic N) is 1. The normalized spacial score (nSPS) is 15.4. The van der Waals surface area contributed by atoms with Gasteiger partial charge in [-0.3, -0.25) is 4.98 Å². The van der Waals surface area contributed by atoms with Crippen LogP contribution in [0.15, 0.2) is 18.2 Å². The standard InChI is InChI=1S/C11H18N2/c1-4-8(2)11(12)10-7-5-6-9(3)13-10/h5-8,11H,4,12H2,1-3H3/t8?,11-/m0/s1. The summed E-state index contributed by atoms with van der Waals surface area (Å²) in [4.78, 5) is 4.42. The Labute approximate surface area is 80.2 Å². The zero-order valence-corrected chi connectivity index (χ0v) is 8.62. The number of pyridine rings is 1. The molecule has 0 radical (unpaired) electrons. The minimum Gasteiger partial charge on any atom is -0.322 e. The van der Waals surface area contributed by atoms with Crippen molar-refractivity contribution in [2.45, 2.75) is 33.2 Å². The van der Waals surface area contributed by atoms with Crippen molar-refractivity contribution in [2.75, 3.05) is 0 Å². The molecular formula is C11H18N2. The molecule has 1 unspecified atom stereocenters. The molecule has 0 saturated heterocycles. The zero-order chi connectivity index (χ0) is 9.84. The molecule has 0 bridgehead atoms. The van der Waals surface area contributed by atoms with Crippen LogP contribution in [0.5, 0.6) is 0 Å². The molecule has 1 heterocycles. The first-order chi connectivity index (χ1) is 6.15. The van der Waals surface area contributed by atoms with Crippen molar-refractivity contribution < 1.29 is 0 Å². The van der Waals surface area contributed by atoms with Gasteiger partial charge in [-0.1, -0.05) is 26.3 Å². The highest BCUT2D eigenvalue weighted by Gasteiger charge is 2.13. The largest absolute Gasteiger partial charge is 0.322 e. The molecule has 1 rings (SSSR count). The van der Waals surface area contributed by atoms with Crippen LogP contribution in [0.25, 0.3) is 0 Å². The smallest absolute Gasteiger partial charge is 0.0576 e. The summed E-state index contributed by atoms with van der Waals surface area (Å²) in [6, 6.07) is 6.08. The monoisotopic (exact) mass is 178 g/mol. The number of nitrogens with two attached hydrogens (primary N) is 1. The fraction of sp³-hybridized carbons (Fsp3) is 0.545. The third-order valence-electron chi connectivity index (χ3n) is 2.51. The topological polar surface area (TPSA) is 38.9 Å². The fourth-order valence-corrected chi connectivity index (χ4v) is 1.30. The number of hydrogen-bond acceptors (Lipinski definition) is 2. The van der Waals surface area contributed by atoms with Crippen molar-refractivity contribution in [3.8, 4) is 0 Å². The van der Waals surface area contributed by atoms with E-state index in [4.69, 9.17) is 5.73 Å². The van der Waals surface area contributed by atoms with Crippen LogP contribution in [0.3, 0.4) is 0 Å². The Morgan fingerprint density at radius 3 is 2.69 bits per heavy atom. The number of rotatable bonds is 3. The van der Waals surface area contributed by atoms with Crippen LogP contribution in [0.1, 0.15) is 37.7 Å². The predicted molar refractivity (Wildman–Crippen MR) is 55.4 cm³/mol. The molecule has 0 amide bonds. The van der Waals surface area contributed by atoms with Gasteiger partial charge in [0.15, 0.2) is 0 Å². The third-order valence-corrected chi connectivity index (χ3v) is 2.51. The molecule has 13 heavy (non-hydrogen) atoms. The van der Waals surface area contributed by atoms with Crippen molar-refractivity contribution in [1.29, 1.82) is 0 Å². The van der Waals surface area contributed by atoms with Gasteiger partial charge < -0.3 is 5.73 Å². The van der Waals surface area contributed by atoms with Crippen LogP contribution in [-0.4, -0.2) is 4.98 Å². The SMILES string of the molecule is CCC(C)[C@H](N)c1cccc(C)n1. The van der Waals surface area contributed by atoms with Gasteiger partial charge in [-0.25, -0.2) is 0 Å². The maximum absolute atomic E-state index is 6.06. The van der Waals surface area contributed by atoms with Crippen LogP contribution in [0.2, 0.25) is 0 Å². The van der Waals surface area contributed by atoms with Gasteiger partial charge in [0.05, 0.1) is 5.69 Å². The summed E-state index contributed by atoms with van der Waals surface area (Å²) in [7, 11) is 0. The molecule has 0 aromatic carbocycles. The van der Waals surface area contributed by atoms with Crippen LogP contribution < -0.4 is 5.73 Å². The van der Waals surface area contributed by atoms with Crippen LogP contribution in [0.4, 0.5) is 0 Å². The van der Waals surface area contributed by atoms with Gasteiger partial charge in [0, 0.05) is 11.7 Å². The molecule has 2 nitrogen and oxygen atoms in total. The van der Waals surface area contributed by atoms with E-state index < -0.39 is 0 Å². The van der Waals surface area contributed by atoms with Crippen LogP contribution in [-0.2, 0) is 0 Å². The molecule has 72 valence electrons. The van der Waals surface area contributed by atoms with Crippen molar-refractivity contribution in [3.63, 3.8) is 0 Å². The Balaban J connectivity index is 2.82. The van der Waals surface area contributed by atoms with Gasteiger partial charge in [-0.15, -0.1) is 0 Å². The summed E-state index contributed by atoms with van der Waals surface area (Å²) >= 11 is 0. The zero-order valence-electron chi connectivity index (χ0n) is 8.62. The van der Waals surface area contributed by atoms with Gasteiger partial charge in [-0.2, -0.15) is 0 Å². The Morgan fingerprint density at radius 1 is 1.46 bits per heavy atom. The molecule has 1 aromatic heterocycles. The summed E-state index contributed by atoms with van der Waals surface area (Å²) in [5.74, 6) is 0.495. The molecule has 0 spiro atoms. The summed E-state index contributed by atoms with van der Waals surface area (Å²) in [5.41, 5.74) is 8.10. The van der Waals surface area contributed by atoms with E-state index in [9.17, 15) is 0 Å². The predicted octanol–water partition coefficient (Wildman–Crippen LogP) is 2.44. The van der Waals surface area contributed by atoms with Gasteiger partial charge in [0.2, 0.25) is 0 Å². The average Bonchev–Trinajstić information content (AvgIpc) is 2.15. The molecule has 0 aliphatic heterocycles. The number of aromatic nitrogens is 1. The average molecular weight is 178 g/mol. The maximum Gasteiger partial charge on any atom is 0.0576 e. The summed E-state index contributed by atoms with van der Waals surface area (Å²) in [6.45, 7) is 6.31. The first-order valence-electron chi connectivity index (χ1n) is 4.84. The second-order valence-corrected chi connectivity index (χ2v) is 3.62. The molecule has 2 atom stereocenters. The van der Waals surface area contributed by atoms with Crippen LogP contribution >= 0.6 is 0 Å². The van der Waals surface area contributed by atoms with E-state index >= 15 is 0 Å². The molecule has 2 N–H and O–H groups in total. The van der Waals surface area contributed by atoms with E-state index in [0.29, 0.717) is 5.92 Å². The highest BCUT2D eigenvalue weighted by Crippen LogP contribution is 2.19. The third kappa shape index (κ3) is 2.52. The van der Waals surface area contributed by atoms with E-state index in [1.807, 2.05) is 25.1 Å². The molecule has 0 aliphatic rings. The van der Waals surface area contributed by atoms with Crippen molar-refractivity contribution in [1.82, 2.24) is 4.98 Å². The van der Waals surface area contributed by atoms with E-state index in [-0.39, 0.29) is 6.04 Å². The van der Waals surface area contributed by atoms with Crippen LogP contribution in [0, 0.1) is 12.8 Å². The van der Waals surface area contributed by atoms with E-state index in [1.165, 1.54) is 0 Å². The fourth-order valence-electron chi connectivity index (χ4n) is 1.30. The molecule has 0 fully saturated rings. The highest BCUT2D eigenvalue weighted by molar-refractivity contribution is 5.13. The second kappa shape index (κ2) is 4.38. The first-order valence-corrected chi connectivity index (χ1v) is 4.84. The van der Waals surface area contributed by atoms with Gasteiger partial charge in [-0.05, 0) is 25.0 Å². The van der Waals surface area contributed by atoms with E-state index in [1.54, 1.807) is 0 Å². The number of aryl methyl sites for hydroxylation is 1. The summed E-state index contributed by atoms with van der Waals surface area (Å²) < 4.78 is 0. The highest BCUT2D eigenvalue weighted by atomic mass is 14.8. The maximum atomic E-state index is 6.06. The quantitative estimate of drug-likeness (QED) is 0.772. The van der Waals surface area contributed by atoms with E-state index in [0.717, 1.165) is 17.8 Å². The Morgan fingerprint density at radius 2 is 2.15 bits per heavy atom. The Bertz CT molecular complexity index is 271. The molecule has 1 aromatic rings. The summed E-state index contributed by atoms with van der Waals surface area (Å²) in [5, 5.41) is 0.